The molecule has 1 aromatic carbocycles. The lowest BCUT2D eigenvalue weighted by molar-refractivity contribution is 0.103. The van der Waals surface area contributed by atoms with E-state index in [2.05, 4.69) is 15.4 Å². The molecule has 25 heavy (non-hydrogen) atoms. The molecule has 3 aromatic heterocycles. The van der Waals surface area contributed by atoms with E-state index in [4.69, 9.17) is 11.6 Å². The van der Waals surface area contributed by atoms with Crippen molar-refractivity contribution >= 4 is 44.7 Å². The fourth-order valence-corrected chi connectivity index (χ4v) is 3.75. The Hall–Kier alpha value is -2.70. The predicted octanol–water partition coefficient (Wildman–Crippen LogP) is 4.70. The molecule has 1 amide bonds. The van der Waals surface area contributed by atoms with Gasteiger partial charge in [0.15, 0.2) is 0 Å². The Morgan fingerprint density at radius 3 is 2.76 bits per heavy atom. The summed E-state index contributed by atoms with van der Waals surface area (Å²) in [6.45, 7) is 1.93. The standard InChI is InChI=1S/C18H13ClN4OS/c1-11-15-9-16(17(24)21-13-3-2-8-20-10-13)25-18(15)23(22-11)14-6-4-12(19)5-7-14/h2-10H,1H3,(H,21,24). The summed E-state index contributed by atoms with van der Waals surface area (Å²) in [6, 6.07) is 12.9. The largest absolute Gasteiger partial charge is 0.320 e. The highest BCUT2D eigenvalue weighted by molar-refractivity contribution is 7.20. The lowest BCUT2D eigenvalue weighted by Gasteiger charge is -2.03. The van der Waals surface area contributed by atoms with Crippen LogP contribution in [0, 0.1) is 6.92 Å². The number of nitrogens with one attached hydrogen (secondary N) is 1. The Morgan fingerprint density at radius 2 is 2.04 bits per heavy atom. The van der Waals surface area contributed by atoms with Crippen molar-refractivity contribution in [3.05, 3.63) is 70.5 Å². The number of halogens is 1. The molecule has 0 fully saturated rings. The van der Waals surface area contributed by atoms with Gasteiger partial charge < -0.3 is 5.32 Å². The molecule has 0 aliphatic carbocycles. The van der Waals surface area contributed by atoms with Crippen LogP contribution in [0.3, 0.4) is 0 Å². The SMILES string of the molecule is Cc1nn(-c2ccc(Cl)cc2)c2sc(C(=O)Nc3cccnc3)cc12. The quantitative estimate of drug-likeness (QED) is 0.570. The summed E-state index contributed by atoms with van der Waals surface area (Å²) in [6.07, 6.45) is 3.28. The number of fused-ring (bicyclic) bond motifs is 1. The van der Waals surface area contributed by atoms with E-state index in [1.54, 1.807) is 24.5 Å². The highest BCUT2D eigenvalue weighted by atomic mass is 35.5. The molecule has 5 nitrogen and oxygen atoms in total. The van der Waals surface area contributed by atoms with Crippen molar-refractivity contribution in [3.8, 4) is 5.69 Å². The van der Waals surface area contributed by atoms with Crippen LogP contribution in [0.25, 0.3) is 15.9 Å². The van der Waals surface area contributed by atoms with E-state index in [0.29, 0.717) is 15.6 Å². The van der Waals surface area contributed by atoms with Gasteiger partial charge in [-0.05, 0) is 49.4 Å². The molecule has 124 valence electrons. The van der Waals surface area contributed by atoms with Gasteiger partial charge in [0.2, 0.25) is 0 Å². The number of hydrogen-bond donors (Lipinski definition) is 1. The molecule has 1 N–H and O–H groups in total. The smallest absolute Gasteiger partial charge is 0.265 e. The van der Waals surface area contributed by atoms with Gasteiger partial charge in [-0.3, -0.25) is 9.78 Å². The average Bonchev–Trinajstić information content (AvgIpc) is 3.18. The number of thiophene rings is 1. The zero-order valence-electron chi connectivity index (χ0n) is 13.2. The number of carbonyl (C=O) groups excluding carboxylic acids is 1. The van der Waals surface area contributed by atoms with Gasteiger partial charge in [0, 0.05) is 16.6 Å². The summed E-state index contributed by atoms with van der Waals surface area (Å²) in [7, 11) is 0. The van der Waals surface area contributed by atoms with E-state index in [1.807, 2.05) is 41.9 Å². The van der Waals surface area contributed by atoms with Crippen molar-refractivity contribution in [3.63, 3.8) is 0 Å². The maximum atomic E-state index is 12.5. The number of aromatic nitrogens is 3. The Kier molecular flexibility index (Phi) is 3.99. The Balaban J connectivity index is 1.72. The van der Waals surface area contributed by atoms with Crippen LogP contribution in [-0.2, 0) is 0 Å². The van der Waals surface area contributed by atoms with Crippen LogP contribution >= 0.6 is 22.9 Å². The van der Waals surface area contributed by atoms with E-state index < -0.39 is 0 Å². The molecule has 4 aromatic rings. The monoisotopic (exact) mass is 368 g/mol. The highest BCUT2D eigenvalue weighted by Crippen LogP contribution is 2.31. The second kappa shape index (κ2) is 6.31. The first-order chi connectivity index (χ1) is 12.1. The normalized spacial score (nSPS) is 11.0. The minimum atomic E-state index is -0.156. The molecule has 0 spiro atoms. The van der Waals surface area contributed by atoms with Gasteiger partial charge in [-0.25, -0.2) is 4.68 Å². The Labute approximate surface area is 152 Å². The van der Waals surface area contributed by atoms with Crippen LogP contribution in [-0.4, -0.2) is 20.7 Å². The van der Waals surface area contributed by atoms with Gasteiger partial charge in [0.05, 0.1) is 28.1 Å². The second-order valence-electron chi connectivity index (χ2n) is 5.50. The number of carbonyl (C=O) groups is 1. The van der Waals surface area contributed by atoms with Crippen molar-refractivity contribution in [2.75, 3.05) is 5.32 Å². The third-order valence-corrected chi connectivity index (χ3v) is 5.12. The third-order valence-electron chi connectivity index (χ3n) is 3.76. The van der Waals surface area contributed by atoms with Crippen molar-refractivity contribution in [1.82, 2.24) is 14.8 Å². The van der Waals surface area contributed by atoms with Gasteiger partial charge in [0.25, 0.3) is 5.91 Å². The number of pyridine rings is 1. The maximum absolute atomic E-state index is 12.5. The van der Waals surface area contributed by atoms with E-state index >= 15 is 0 Å². The lowest BCUT2D eigenvalue weighted by Crippen LogP contribution is -2.10. The number of aryl methyl sites for hydroxylation is 1. The molecule has 3 heterocycles. The third kappa shape index (κ3) is 3.01. The van der Waals surface area contributed by atoms with E-state index in [9.17, 15) is 4.79 Å². The number of nitrogens with zero attached hydrogens (tertiary/aromatic N) is 3. The van der Waals surface area contributed by atoms with Crippen LogP contribution in [0.2, 0.25) is 5.02 Å². The topological polar surface area (TPSA) is 59.8 Å². The van der Waals surface area contributed by atoms with Crippen molar-refractivity contribution < 1.29 is 4.79 Å². The van der Waals surface area contributed by atoms with Crippen LogP contribution < -0.4 is 5.32 Å². The molecule has 7 heteroatoms. The van der Waals surface area contributed by atoms with Gasteiger partial charge in [0.1, 0.15) is 4.83 Å². The summed E-state index contributed by atoms with van der Waals surface area (Å²) in [4.78, 5) is 18.1. The average molecular weight is 369 g/mol. The maximum Gasteiger partial charge on any atom is 0.265 e. The zero-order valence-corrected chi connectivity index (χ0v) is 14.8. The molecule has 4 rings (SSSR count). The summed E-state index contributed by atoms with van der Waals surface area (Å²) in [5.41, 5.74) is 2.45. The molecule has 0 saturated heterocycles. The van der Waals surface area contributed by atoms with Crippen molar-refractivity contribution in [2.24, 2.45) is 0 Å². The number of anilines is 1. The van der Waals surface area contributed by atoms with Crippen LogP contribution in [0.5, 0.6) is 0 Å². The van der Waals surface area contributed by atoms with Crippen molar-refractivity contribution in [1.29, 1.82) is 0 Å². The second-order valence-corrected chi connectivity index (χ2v) is 6.97. The van der Waals surface area contributed by atoms with Gasteiger partial charge in [-0.15, -0.1) is 11.3 Å². The molecular weight excluding hydrogens is 356 g/mol. The number of amides is 1. The number of benzene rings is 1. The Morgan fingerprint density at radius 1 is 1.24 bits per heavy atom. The number of rotatable bonds is 3. The van der Waals surface area contributed by atoms with E-state index in [-0.39, 0.29) is 5.91 Å². The van der Waals surface area contributed by atoms with Gasteiger partial charge in [-0.2, -0.15) is 5.10 Å². The zero-order chi connectivity index (χ0) is 17.4. The van der Waals surface area contributed by atoms with Gasteiger partial charge in [-0.1, -0.05) is 11.6 Å². The summed E-state index contributed by atoms with van der Waals surface area (Å²) in [5, 5.41) is 9.07. The summed E-state index contributed by atoms with van der Waals surface area (Å²) >= 11 is 7.37. The molecule has 0 aliphatic heterocycles. The molecular formula is C18H13ClN4OS. The summed E-state index contributed by atoms with van der Waals surface area (Å²) < 4.78 is 1.84. The van der Waals surface area contributed by atoms with E-state index in [1.165, 1.54) is 11.3 Å². The minimum Gasteiger partial charge on any atom is -0.320 e. The fraction of sp³-hybridized carbons (Fsp3) is 0.0556. The van der Waals surface area contributed by atoms with Crippen LogP contribution in [0.15, 0.2) is 54.9 Å². The molecule has 0 unspecified atom stereocenters. The molecule has 0 saturated carbocycles. The molecule has 0 radical (unpaired) electrons. The van der Waals surface area contributed by atoms with Gasteiger partial charge >= 0.3 is 0 Å². The first-order valence-electron chi connectivity index (χ1n) is 7.58. The van der Waals surface area contributed by atoms with Crippen LogP contribution in [0.4, 0.5) is 5.69 Å². The lowest BCUT2D eigenvalue weighted by atomic mass is 10.3. The van der Waals surface area contributed by atoms with Crippen molar-refractivity contribution in [2.45, 2.75) is 6.92 Å². The highest BCUT2D eigenvalue weighted by Gasteiger charge is 2.17. The minimum absolute atomic E-state index is 0.156. The Bertz CT molecular complexity index is 1050. The molecule has 0 bridgehead atoms. The summed E-state index contributed by atoms with van der Waals surface area (Å²) in [5.74, 6) is -0.156. The predicted molar refractivity (Wildman–Crippen MR) is 101 cm³/mol. The van der Waals surface area contributed by atoms with Crippen LogP contribution in [0.1, 0.15) is 15.4 Å². The number of hydrogen-bond acceptors (Lipinski definition) is 4. The molecule has 0 aliphatic rings. The fourth-order valence-electron chi connectivity index (χ4n) is 2.55. The first-order valence-corrected chi connectivity index (χ1v) is 8.78. The first kappa shape index (κ1) is 15.8. The molecule has 0 atom stereocenters. The van der Waals surface area contributed by atoms with E-state index in [0.717, 1.165) is 21.6 Å².